The number of hydrogen-bond acceptors (Lipinski definition) is 2. The van der Waals surface area contributed by atoms with Crippen LogP contribution in [0, 0.1) is 11.8 Å². The second-order valence-corrected chi connectivity index (χ2v) is 5.40. The van der Waals surface area contributed by atoms with Crippen molar-refractivity contribution in [3.63, 3.8) is 0 Å². The van der Waals surface area contributed by atoms with Crippen LogP contribution in [0.5, 0.6) is 0 Å². The molecule has 2 heterocycles. The van der Waals surface area contributed by atoms with Gasteiger partial charge in [0.2, 0.25) is 0 Å². The Hall–Kier alpha value is -0.760. The van der Waals surface area contributed by atoms with Gasteiger partial charge in [0.25, 0.3) is 0 Å². The maximum absolute atomic E-state index is 5.61. The second kappa shape index (κ2) is 2.67. The first kappa shape index (κ1) is 8.40. The molecule has 0 saturated heterocycles. The van der Waals surface area contributed by atoms with E-state index in [1.807, 2.05) is 6.26 Å². The summed E-state index contributed by atoms with van der Waals surface area (Å²) in [5.74, 6) is 3.16. The summed E-state index contributed by atoms with van der Waals surface area (Å²) in [7, 11) is 0. The second-order valence-electron chi connectivity index (χ2n) is 5.40. The van der Waals surface area contributed by atoms with Crippen LogP contribution in [-0.4, -0.2) is 6.54 Å². The summed E-state index contributed by atoms with van der Waals surface area (Å²) in [6.45, 7) is 1.10. The van der Waals surface area contributed by atoms with Gasteiger partial charge in [0, 0.05) is 18.5 Å². The lowest BCUT2D eigenvalue weighted by Gasteiger charge is -2.41. The Morgan fingerprint density at radius 1 is 1.47 bits per heavy atom. The number of fused-ring (bicyclic) bond motifs is 4. The van der Waals surface area contributed by atoms with Crippen molar-refractivity contribution < 1.29 is 4.42 Å². The fraction of sp³-hybridized carbons (Fsp3) is 0.692. The zero-order chi connectivity index (χ0) is 9.88. The molecular weight excluding hydrogens is 186 g/mol. The number of rotatable bonds is 0. The average molecular weight is 203 g/mol. The molecule has 3 atom stereocenters. The van der Waals surface area contributed by atoms with E-state index in [1.165, 1.54) is 37.0 Å². The van der Waals surface area contributed by atoms with E-state index >= 15 is 0 Å². The molecule has 2 nitrogen and oxygen atoms in total. The van der Waals surface area contributed by atoms with Crippen molar-refractivity contribution in [3.05, 3.63) is 23.7 Å². The minimum Gasteiger partial charge on any atom is -0.469 e. The average Bonchev–Trinajstić information content (AvgIpc) is 2.89. The van der Waals surface area contributed by atoms with Gasteiger partial charge in [-0.05, 0) is 30.7 Å². The first-order valence-electron chi connectivity index (χ1n) is 6.22. The van der Waals surface area contributed by atoms with E-state index < -0.39 is 0 Å². The Morgan fingerprint density at radius 3 is 3.47 bits per heavy atom. The SMILES string of the molecule is c1cc2c(o1)CCNC21CCCC2CC21. The largest absolute Gasteiger partial charge is 0.469 e. The fourth-order valence-electron chi connectivity index (χ4n) is 3.98. The van der Waals surface area contributed by atoms with Crippen molar-refractivity contribution in [2.24, 2.45) is 11.8 Å². The Morgan fingerprint density at radius 2 is 2.47 bits per heavy atom. The maximum atomic E-state index is 5.61. The van der Waals surface area contributed by atoms with Gasteiger partial charge in [0.1, 0.15) is 5.76 Å². The van der Waals surface area contributed by atoms with Gasteiger partial charge < -0.3 is 9.73 Å². The van der Waals surface area contributed by atoms with Crippen LogP contribution >= 0.6 is 0 Å². The lowest BCUT2D eigenvalue weighted by atomic mass is 9.74. The fourth-order valence-corrected chi connectivity index (χ4v) is 3.98. The molecule has 0 amide bonds. The molecule has 3 aliphatic rings. The van der Waals surface area contributed by atoms with Crippen LogP contribution in [0.15, 0.2) is 16.7 Å². The molecule has 80 valence electrons. The molecule has 1 spiro atoms. The highest BCUT2D eigenvalue weighted by molar-refractivity contribution is 5.34. The summed E-state index contributed by atoms with van der Waals surface area (Å²) in [5, 5.41) is 3.81. The third-order valence-corrected chi connectivity index (χ3v) is 4.72. The van der Waals surface area contributed by atoms with E-state index in [2.05, 4.69) is 11.4 Å². The molecule has 0 bridgehead atoms. The van der Waals surface area contributed by atoms with Crippen LogP contribution in [0.2, 0.25) is 0 Å². The first-order valence-corrected chi connectivity index (χ1v) is 6.22. The highest BCUT2D eigenvalue weighted by Crippen LogP contribution is 2.60. The van der Waals surface area contributed by atoms with Gasteiger partial charge in [-0.2, -0.15) is 0 Å². The van der Waals surface area contributed by atoms with Gasteiger partial charge >= 0.3 is 0 Å². The summed E-state index contributed by atoms with van der Waals surface area (Å²) < 4.78 is 5.61. The van der Waals surface area contributed by atoms with E-state index in [0.29, 0.717) is 5.54 Å². The molecule has 0 radical (unpaired) electrons. The van der Waals surface area contributed by atoms with E-state index in [1.54, 1.807) is 0 Å². The van der Waals surface area contributed by atoms with Crippen molar-refractivity contribution in [1.82, 2.24) is 5.32 Å². The molecule has 3 unspecified atom stereocenters. The first-order chi connectivity index (χ1) is 7.40. The third kappa shape index (κ3) is 0.984. The van der Waals surface area contributed by atoms with E-state index in [0.717, 1.165) is 24.8 Å². The summed E-state index contributed by atoms with van der Waals surface area (Å²) in [5.41, 5.74) is 1.80. The van der Waals surface area contributed by atoms with Crippen molar-refractivity contribution >= 4 is 0 Å². The standard InChI is InChI=1S/C13H17NO/c1-2-9-8-11(9)13(5-1)10-4-7-15-12(10)3-6-14-13/h4,7,9,11,14H,1-3,5-6,8H2. The van der Waals surface area contributed by atoms with Crippen LogP contribution in [0.4, 0.5) is 0 Å². The molecule has 15 heavy (non-hydrogen) atoms. The van der Waals surface area contributed by atoms with E-state index in [4.69, 9.17) is 4.42 Å². The maximum Gasteiger partial charge on any atom is 0.110 e. The summed E-state index contributed by atoms with van der Waals surface area (Å²) >= 11 is 0. The van der Waals surface area contributed by atoms with Crippen LogP contribution < -0.4 is 5.32 Å². The smallest absolute Gasteiger partial charge is 0.110 e. The zero-order valence-corrected chi connectivity index (χ0v) is 8.96. The van der Waals surface area contributed by atoms with Crippen LogP contribution in [0.1, 0.15) is 37.0 Å². The number of nitrogens with one attached hydrogen (secondary N) is 1. The molecule has 2 saturated carbocycles. The summed E-state index contributed by atoms with van der Waals surface area (Å²) in [6, 6.07) is 2.21. The Bertz CT molecular complexity index is 397. The van der Waals surface area contributed by atoms with Crippen LogP contribution in [-0.2, 0) is 12.0 Å². The molecular formula is C13H17NO. The Kier molecular flexibility index (Phi) is 1.50. The van der Waals surface area contributed by atoms with Gasteiger partial charge in [0.05, 0.1) is 11.8 Å². The highest BCUT2D eigenvalue weighted by atomic mass is 16.3. The molecule has 1 aliphatic heterocycles. The van der Waals surface area contributed by atoms with Gasteiger partial charge in [-0.25, -0.2) is 0 Å². The van der Waals surface area contributed by atoms with Gasteiger partial charge in [0.15, 0.2) is 0 Å². The van der Waals surface area contributed by atoms with E-state index in [9.17, 15) is 0 Å². The molecule has 1 N–H and O–H groups in total. The van der Waals surface area contributed by atoms with Crippen LogP contribution in [0.3, 0.4) is 0 Å². The normalized spacial score (nSPS) is 42.4. The number of hydrogen-bond donors (Lipinski definition) is 1. The van der Waals surface area contributed by atoms with Crippen LogP contribution in [0.25, 0.3) is 0 Å². The quantitative estimate of drug-likeness (QED) is 0.700. The van der Waals surface area contributed by atoms with Gasteiger partial charge in [-0.3, -0.25) is 0 Å². The molecule has 2 fully saturated rings. The lowest BCUT2D eigenvalue weighted by molar-refractivity contribution is 0.196. The van der Waals surface area contributed by atoms with Crippen molar-refractivity contribution in [2.75, 3.05) is 6.54 Å². The predicted molar refractivity (Wildman–Crippen MR) is 57.5 cm³/mol. The third-order valence-electron chi connectivity index (χ3n) is 4.72. The molecule has 1 aromatic heterocycles. The van der Waals surface area contributed by atoms with Crippen molar-refractivity contribution in [2.45, 2.75) is 37.6 Å². The molecule has 2 heteroatoms. The Balaban J connectivity index is 1.83. The van der Waals surface area contributed by atoms with E-state index in [-0.39, 0.29) is 0 Å². The highest BCUT2D eigenvalue weighted by Gasteiger charge is 2.57. The molecule has 4 rings (SSSR count). The van der Waals surface area contributed by atoms with Gasteiger partial charge in [-0.15, -0.1) is 0 Å². The Labute approximate surface area is 90.0 Å². The molecule has 1 aromatic rings. The predicted octanol–water partition coefficient (Wildman–Crippen LogP) is 2.44. The summed E-state index contributed by atoms with van der Waals surface area (Å²) in [6.07, 6.45) is 8.56. The van der Waals surface area contributed by atoms with Crippen molar-refractivity contribution in [1.29, 1.82) is 0 Å². The monoisotopic (exact) mass is 203 g/mol. The molecule has 0 aromatic carbocycles. The van der Waals surface area contributed by atoms with Crippen molar-refractivity contribution in [3.8, 4) is 0 Å². The lowest BCUT2D eigenvalue weighted by Crippen LogP contribution is -2.50. The summed E-state index contributed by atoms with van der Waals surface area (Å²) in [4.78, 5) is 0. The van der Waals surface area contributed by atoms with Gasteiger partial charge in [-0.1, -0.05) is 12.8 Å². The topological polar surface area (TPSA) is 25.2 Å². The zero-order valence-electron chi connectivity index (χ0n) is 8.96. The molecule has 2 aliphatic carbocycles. The minimum absolute atomic E-state index is 0.309. The minimum atomic E-state index is 0.309. The number of furan rings is 1.